The minimum absolute atomic E-state index is 0.0712. The van der Waals surface area contributed by atoms with Gasteiger partial charge in [-0.15, -0.1) is 0 Å². The van der Waals surface area contributed by atoms with Gasteiger partial charge in [-0.3, -0.25) is 0 Å². The number of sulfonamides is 1. The van der Waals surface area contributed by atoms with E-state index in [0.717, 1.165) is 19.3 Å². The first-order valence-corrected chi connectivity index (χ1v) is 8.08. The lowest BCUT2D eigenvalue weighted by Gasteiger charge is -2.16. The van der Waals surface area contributed by atoms with Crippen LogP contribution in [0.25, 0.3) is 0 Å². The summed E-state index contributed by atoms with van der Waals surface area (Å²) in [7, 11) is -3.47. The third-order valence-electron chi connectivity index (χ3n) is 3.53. The second kappa shape index (κ2) is 5.98. The van der Waals surface area contributed by atoms with Crippen molar-refractivity contribution in [1.29, 1.82) is 0 Å². The maximum absolute atomic E-state index is 12.4. The first-order valence-electron chi connectivity index (χ1n) is 6.64. The van der Waals surface area contributed by atoms with E-state index in [1.165, 1.54) is 16.6 Å². The molecule has 1 aromatic heterocycles. The highest BCUT2D eigenvalue weighted by atomic mass is 32.2. The third-order valence-corrected chi connectivity index (χ3v) is 5.31. The first kappa shape index (κ1) is 14.4. The fraction of sp³-hybridized carbons (Fsp3) is 0.615. The van der Waals surface area contributed by atoms with E-state index in [0.29, 0.717) is 24.6 Å². The second-order valence-corrected chi connectivity index (χ2v) is 6.85. The molecule has 1 unspecified atom stereocenters. The third kappa shape index (κ3) is 3.13. The number of nitrogens with zero attached hydrogens (tertiary/aromatic N) is 2. The van der Waals surface area contributed by atoms with Crippen molar-refractivity contribution in [2.45, 2.75) is 37.8 Å². The van der Waals surface area contributed by atoms with E-state index >= 15 is 0 Å². The molecule has 2 rings (SSSR count). The predicted octanol–water partition coefficient (Wildman–Crippen LogP) is 1.38. The topological polar surface area (TPSA) is 70.5 Å². The van der Waals surface area contributed by atoms with Crippen molar-refractivity contribution in [3.63, 3.8) is 0 Å². The van der Waals surface area contributed by atoms with Crippen LogP contribution in [0.3, 0.4) is 0 Å². The van der Waals surface area contributed by atoms with E-state index in [2.05, 4.69) is 11.9 Å². The number of hydrogen-bond donors (Lipinski definition) is 1. The Kier molecular flexibility index (Phi) is 4.54. The average molecular weight is 284 g/mol. The van der Waals surface area contributed by atoms with Crippen molar-refractivity contribution in [3.8, 4) is 0 Å². The largest absolute Gasteiger partial charge is 0.392 e. The number of aromatic nitrogens is 1. The standard InChI is InChI=1S/C13H20N2O3S/c1-2-3-11-6-7-15(9-11)19(17,18)13-5-4-12(10-16)8-14-13/h4-5,8,11,16H,2-3,6-7,9-10H2,1H3. The number of pyridine rings is 1. The van der Waals surface area contributed by atoms with E-state index in [9.17, 15) is 8.42 Å². The van der Waals surface area contributed by atoms with Crippen molar-refractivity contribution in [2.24, 2.45) is 5.92 Å². The summed E-state index contributed by atoms with van der Waals surface area (Å²) in [5, 5.41) is 9.01. The van der Waals surface area contributed by atoms with Crippen molar-refractivity contribution in [3.05, 3.63) is 23.9 Å². The van der Waals surface area contributed by atoms with E-state index < -0.39 is 10.0 Å². The first-order chi connectivity index (χ1) is 9.07. The molecule has 6 heteroatoms. The van der Waals surface area contributed by atoms with Gasteiger partial charge in [0.15, 0.2) is 5.03 Å². The Morgan fingerprint density at radius 1 is 1.47 bits per heavy atom. The molecule has 0 saturated carbocycles. The maximum Gasteiger partial charge on any atom is 0.260 e. The molecule has 1 atom stereocenters. The summed E-state index contributed by atoms with van der Waals surface area (Å²) in [5.74, 6) is 0.469. The van der Waals surface area contributed by atoms with Crippen LogP contribution in [0.1, 0.15) is 31.7 Å². The zero-order chi connectivity index (χ0) is 13.9. The van der Waals surface area contributed by atoms with Gasteiger partial charge in [-0.1, -0.05) is 19.4 Å². The molecule has 0 radical (unpaired) electrons. The van der Waals surface area contributed by atoms with Crippen LogP contribution in [-0.2, 0) is 16.6 Å². The quantitative estimate of drug-likeness (QED) is 0.887. The second-order valence-electron chi connectivity index (χ2n) is 4.97. The van der Waals surface area contributed by atoms with Crippen LogP contribution in [0.4, 0.5) is 0 Å². The minimum Gasteiger partial charge on any atom is -0.392 e. The summed E-state index contributed by atoms with van der Waals surface area (Å²) in [4.78, 5) is 3.95. The van der Waals surface area contributed by atoms with Gasteiger partial charge >= 0.3 is 0 Å². The van der Waals surface area contributed by atoms with Gasteiger partial charge in [0.1, 0.15) is 0 Å². The number of aliphatic hydroxyl groups excluding tert-OH is 1. The Hall–Kier alpha value is -0.980. The Morgan fingerprint density at radius 3 is 2.84 bits per heavy atom. The average Bonchev–Trinajstić information content (AvgIpc) is 2.89. The molecule has 1 aromatic rings. The zero-order valence-corrected chi connectivity index (χ0v) is 11.9. The summed E-state index contributed by atoms with van der Waals surface area (Å²) < 4.78 is 26.3. The van der Waals surface area contributed by atoms with Crippen molar-refractivity contribution in [2.75, 3.05) is 13.1 Å². The summed E-state index contributed by atoms with van der Waals surface area (Å²) in [6, 6.07) is 3.06. The Labute approximate surface area is 114 Å². The molecule has 1 fully saturated rings. The lowest BCUT2D eigenvalue weighted by molar-refractivity contribution is 0.281. The van der Waals surface area contributed by atoms with Crippen LogP contribution in [0.5, 0.6) is 0 Å². The minimum atomic E-state index is -3.47. The van der Waals surface area contributed by atoms with E-state index in [1.807, 2.05) is 0 Å². The molecule has 0 aromatic carbocycles. The predicted molar refractivity (Wildman–Crippen MR) is 71.9 cm³/mol. The summed E-state index contributed by atoms with van der Waals surface area (Å²) in [5.41, 5.74) is 0.615. The lowest BCUT2D eigenvalue weighted by atomic mass is 10.0. The Morgan fingerprint density at radius 2 is 2.26 bits per heavy atom. The molecule has 1 N–H and O–H groups in total. The van der Waals surface area contributed by atoms with Crippen molar-refractivity contribution >= 4 is 10.0 Å². The maximum atomic E-state index is 12.4. The number of rotatable bonds is 5. The smallest absolute Gasteiger partial charge is 0.260 e. The molecule has 1 aliphatic heterocycles. The van der Waals surface area contributed by atoms with Crippen LogP contribution in [-0.4, -0.2) is 35.9 Å². The highest BCUT2D eigenvalue weighted by Gasteiger charge is 2.32. The fourth-order valence-corrected chi connectivity index (χ4v) is 3.89. The van der Waals surface area contributed by atoms with Gasteiger partial charge in [-0.05, 0) is 30.4 Å². The molecule has 0 bridgehead atoms. The molecule has 5 nitrogen and oxygen atoms in total. The van der Waals surface area contributed by atoms with E-state index in [4.69, 9.17) is 5.11 Å². The van der Waals surface area contributed by atoms with Crippen LogP contribution < -0.4 is 0 Å². The molecule has 1 aliphatic rings. The SMILES string of the molecule is CCCC1CCN(S(=O)(=O)c2ccc(CO)cn2)C1. The Balaban J connectivity index is 2.13. The highest BCUT2D eigenvalue weighted by molar-refractivity contribution is 7.89. The molecule has 1 saturated heterocycles. The number of hydrogen-bond acceptors (Lipinski definition) is 4. The zero-order valence-electron chi connectivity index (χ0n) is 11.1. The molecule has 19 heavy (non-hydrogen) atoms. The fourth-order valence-electron chi connectivity index (χ4n) is 2.45. The van der Waals surface area contributed by atoms with Crippen LogP contribution in [0, 0.1) is 5.92 Å². The van der Waals surface area contributed by atoms with Crippen LogP contribution in [0.2, 0.25) is 0 Å². The molecule has 0 aliphatic carbocycles. The molecule has 2 heterocycles. The van der Waals surface area contributed by atoms with Gasteiger partial charge in [-0.2, -0.15) is 4.31 Å². The molecule has 0 amide bonds. The summed E-state index contributed by atoms with van der Waals surface area (Å²) in [6.45, 7) is 3.16. The van der Waals surface area contributed by atoms with E-state index in [1.54, 1.807) is 6.07 Å². The molecule has 106 valence electrons. The van der Waals surface area contributed by atoms with Crippen molar-refractivity contribution in [1.82, 2.24) is 9.29 Å². The van der Waals surface area contributed by atoms with Gasteiger partial charge in [0, 0.05) is 19.3 Å². The molecular formula is C13H20N2O3S. The van der Waals surface area contributed by atoms with Crippen LogP contribution >= 0.6 is 0 Å². The van der Waals surface area contributed by atoms with Crippen molar-refractivity contribution < 1.29 is 13.5 Å². The van der Waals surface area contributed by atoms with E-state index in [-0.39, 0.29) is 11.6 Å². The van der Waals surface area contributed by atoms with Gasteiger partial charge in [0.2, 0.25) is 0 Å². The van der Waals surface area contributed by atoms with Crippen LogP contribution in [0.15, 0.2) is 23.4 Å². The summed E-state index contributed by atoms with van der Waals surface area (Å²) in [6.07, 6.45) is 4.50. The number of aliphatic hydroxyl groups is 1. The highest BCUT2D eigenvalue weighted by Crippen LogP contribution is 2.26. The Bertz CT molecular complexity index is 513. The normalized spacial score (nSPS) is 20.8. The molecule has 0 spiro atoms. The van der Waals surface area contributed by atoms with Gasteiger partial charge in [0.05, 0.1) is 6.61 Å². The summed E-state index contributed by atoms with van der Waals surface area (Å²) >= 11 is 0. The van der Waals surface area contributed by atoms with Gasteiger partial charge in [0.25, 0.3) is 10.0 Å². The van der Waals surface area contributed by atoms with Gasteiger partial charge in [-0.25, -0.2) is 13.4 Å². The monoisotopic (exact) mass is 284 g/mol. The van der Waals surface area contributed by atoms with Gasteiger partial charge < -0.3 is 5.11 Å². The molecular weight excluding hydrogens is 264 g/mol. The lowest BCUT2D eigenvalue weighted by Crippen LogP contribution is -2.29.